The van der Waals surface area contributed by atoms with Gasteiger partial charge in [0, 0.05) is 25.0 Å². The molecule has 4 nitrogen and oxygen atoms in total. The quantitative estimate of drug-likeness (QED) is 0.698. The first-order chi connectivity index (χ1) is 7.29. The molecule has 1 aliphatic carbocycles. The lowest BCUT2D eigenvalue weighted by atomic mass is 9.85. The molecular weight excluding hydrogens is 190 g/mol. The Morgan fingerprint density at radius 2 is 2.20 bits per heavy atom. The van der Waals surface area contributed by atoms with Crippen LogP contribution in [0.2, 0.25) is 0 Å². The smallest absolute Gasteiger partial charge is 0.0771 e. The largest absolute Gasteiger partial charge is 0.389 e. The van der Waals surface area contributed by atoms with Crippen molar-refractivity contribution in [1.29, 1.82) is 0 Å². The van der Waals surface area contributed by atoms with Gasteiger partial charge in [0.25, 0.3) is 0 Å². The maximum Gasteiger partial charge on any atom is 0.0771 e. The van der Waals surface area contributed by atoms with Gasteiger partial charge in [0.2, 0.25) is 0 Å². The lowest BCUT2D eigenvalue weighted by Gasteiger charge is -2.32. The molecule has 1 aliphatic rings. The molecule has 1 aromatic rings. The van der Waals surface area contributed by atoms with Crippen molar-refractivity contribution in [2.75, 3.05) is 6.54 Å². The Bertz CT molecular complexity index is 278. The van der Waals surface area contributed by atoms with Crippen LogP contribution in [0, 0.1) is 0 Å². The lowest BCUT2D eigenvalue weighted by Crippen LogP contribution is -2.41. The summed E-state index contributed by atoms with van der Waals surface area (Å²) in [6.45, 7) is 1.44. The van der Waals surface area contributed by atoms with Crippen LogP contribution in [-0.2, 0) is 6.54 Å². The number of H-pyrrole nitrogens is 1. The van der Waals surface area contributed by atoms with E-state index in [0.29, 0.717) is 6.54 Å². The van der Waals surface area contributed by atoms with Crippen molar-refractivity contribution in [3.63, 3.8) is 0 Å². The summed E-state index contributed by atoms with van der Waals surface area (Å²) in [6, 6.07) is 1.94. The van der Waals surface area contributed by atoms with Crippen LogP contribution in [0.25, 0.3) is 0 Å². The minimum atomic E-state index is -0.474. The number of nitrogens with zero attached hydrogens (tertiary/aromatic N) is 1. The maximum atomic E-state index is 10.2. The van der Waals surface area contributed by atoms with Crippen LogP contribution in [0.5, 0.6) is 0 Å². The molecule has 4 heteroatoms. The third-order valence-corrected chi connectivity index (χ3v) is 3.11. The van der Waals surface area contributed by atoms with Crippen molar-refractivity contribution in [2.24, 2.45) is 0 Å². The fourth-order valence-electron chi connectivity index (χ4n) is 2.20. The van der Waals surface area contributed by atoms with Gasteiger partial charge in [-0.25, -0.2) is 0 Å². The fourth-order valence-corrected chi connectivity index (χ4v) is 2.20. The zero-order chi connectivity index (χ0) is 10.6. The zero-order valence-corrected chi connectivity index (χ0v) is 9.00. The summed E-state index contributed by atoms with van der Waals surface area (Å²) in [4.78, 5) is 0. The highest BCUT2D eigenvalue weighted by Crippen LogP contribution is 2.27. The molecule has 0 atom stereocenters. The molecule has 0 aromatic carbocycles. The van der Waals surface area contributed by atoms with E-state index in [9.17, 15) is 5.11 Å². The van der Waals surface area contributed by atoms with Gasteiger partial charge in [-0.15, -0.1) is 0 Å². The maximum absolute atomic E-state index is 10.2. The van der Waals surface area contributed by atoms with Crippen LogP contribution in [0.15, 0.2) is 12.3 Å². The Kier molecular flexibility index (Phi) is 3.38. The SMILES string of the molecule is OC1(CNCc2ccn[nH]2)CCCCC1. The number of rotatable bonds is 4. The van der Waals surface area contributed by atoms with E-state index in [1.54, 1.807) is 6.20 Å². The van der Waals surface area contributed by atoms with E-state index >= 15 is 0 Å². The van der Waals surface area contributed by atoms with Crippen LogP contribution in [0.1, 0.15) is 37.8 Å². The van der Waals surface area contributed by atoms with Crippen molar-refractivity contribution >= 4 is 0 Å². The summed E-state index contributed by atoms with van der Waals surface area (Å²) in [5.74, 6) is 0. The van der Waals surface area contributed by atoms with Gasteiger partial charge >= 0.3 is 0 Å². The van der Waals surface area contributed by atoms with Gasteiger partial charge in [-0.1, -0.05) is 19.3 Å². The predicted octanol–water partition coefficient (Wildman–Crippen LogP) is 1.19. The summed E-state index contributed by atoms with van der Waals surface area (Å²) in [6.07, 6.45) is 7.19. The van der Waals surface area contributed by atoms with Crippen molar-refractivity contribution in [3.05, 3.63) is 18.0 Å². The summed E-state index contributed by atoms with van der Waals surface area (Å²) in [7, 11) is 0. The van der Waals surface area contributed by atoms with Gasteiger partial charge in [0.1, 0.15) is 0 Å². The first kappa shape index (κ1) is 10.6. The van der Waals surface area contributed by atoms with Crippen LogP contribution >= 0.6 is 0 Å². The van der Waals surface area contributed by atoms with Crippen molar-refractivity contribution in [3.8, 4) is 0 Å². The molecule has 2 rings (SSSR count). The molecule has 0 amide bonds. The second-order valence-corrected chi connectivity index (χ2v) is 4.47. The Hall–Kier alpha value is -0.870. The molecule has 0 bridgehead atoms. The highest BCUT2D eigenvalue weighted by molar-refractivity contribution is 4.97. The van der Waals surface area contributed by atoms with Gasteiger partial charge < -0.3 is 10.4 Å². The first-order valence-corrected chi connectivity index (χ1v) is 5.70. The highest BCUT2D eigenvalue weighted by atomic mass is 16.3. The molecule has 1 aromatic heterocycles. The standard InChI is InChI=1S/C11H19N3O/c15-11(5-2-1-3-6-11)9-12-8-10-4-7-13-14-10/h4,7,12,15H,1-3,5-6,8-9H2,(H,13,14). The molecular formula is C11H19N3O. The molecule has 0 radical (unpaired) electrons. The van der Waals surface area contributed by atoms with E-state index in [-0.39, 0.29) is 0 Å². The Balaban J connectivity index is 1.72. The molecule has 15 heavy (non-hydrogen) atoms. The number of aromatic nitrogens is 2. The minimum absolute atomic E-state index is 0.474. The van der Waals surface area contributed by atoms with E-state index in [4.69, 9.17) is 0 Å². The average Bonchev–Trinajstić information content (AvgIpc) is 2.71. The summed E-state index contributed by atoms with van der Waals surface area (Å²) in [5.41, 5.74) is 0.590. The second-order valence-electron chi connectivity index (χ2n) is 4.47. The molecule has 0 spiro atoms. The highest BCUT2D eigenvalue weighted by Gasteiger charge is 2.28. The Labute approximate surface area is 90.1 Å². The fraction of sp³-hybridized carbons (Fsp3) is 0.727. The summed E-state index contributed by atoms with van der Waals surface area (Å²) in [5, 5.41) is 20.3. The van der Waals surface area contributed by atoms with Gasteiger partial charge in [0.15, 0.2) is 0 Å². The van der Waals surface area contributed by atoms with Crippen molar-refractivity contribution in [2.45, 2.75) is 44.2 Å². The predicted molar refractivity (Wildman–Crippen MR) is 58.3 cm³/mol. The van der Waals surface area contributed by atoms with Crippen LogP contribution in [0.4, 0.5) is 0 Å². The van der Waals surface area contributed by atoms with Crippen molar-refractivity contribution < 1.29 is 5.11 Å². The zero-order valence-electron chi connectivity index (χ0n) is 9.00. The van der Waals surface area contributed by atoms with Crippen LogP contribution in [0.3, 0.4) is 0 Å². The monoisotopic (exact) mass is 209 g/mol. The van der Waals surface area contributed by atoms with E-state index in [2.05, 4.69) is 15.5 Å². The molecule has 0 saturated heterocycles. The second kappa shape index (κ2) is 4.77. The molecule has 3 N–H and O–H groups in total. The third kappa shape index (κ3) is 3.04. The van der Waals surface area contributed by atoms with Crippen LogP contribution in [-0.4, -0.2) is 27.4 Å². The summed E-state index contributed by atoms with van der Waals surface area (Å²) < 4.78 is 0. The van der Waals surface area contributed by atoms with Gasteiger partial charge in [0.05, 0.1) is 5.60 Å². The lowest BCUT2D eigenvalue weighted by molar-refractivity contribution is 0.00462. The first-order valence-electron chi connectivity index (χ1n) is 5.70. The van der Waals surface area contributed by atoms with Gasteiger partial charge in [-0.3, -0.25) is 5.10 Å². The number of aromatic amines is 1. The van der Waals surface area contributed by atoms with Gasteiger partial charge in [-0.05, 0) is 18.9 Å². The van der Waals surface area contributed by atoms with E-state index in [1.165, 1.54) is 6.42 Å². The van der Waals surface area contributed by atoms with E-state index < -0.39 is 5.60 Å². The molecule has 1 saturated carbocycles. The average molecular weight is 209 g/mol. The molecule has 84 valence electrons. The molecule has 0 aliphatic heterocycles. The molecule has 0 unspecified atom stereocenters. The number of hydrogen-bond donors (Lipinski definition) is 3. The topological polar surface area (TPSA) is 60.9 Å². The normalized spacial score (nSPS) is 20.3. The minimum Gasteiger partial charge on any atom is -0.389 e. The van der Waals surface area contributed by atoms with Crippen LogP contribution < -0.4 is 5.32 Å². The third-order valence-electron chi connectivity index (χ3n) is 3.11. The molecule has 1 heterocycles. The van der Waals surface area contributed by atoms with Gasteiger partial charge in [-0.2, -0.15) is 5.10 Å². The number of nitrogens with one attached hydrogen (secondary N) is 2. The van der Waals surface area contributed by atoms with E-state index in [0.717, 1.165) is 37.9 Å². The van der Waals surface area contributed by atoms with E-state index in [1.807, 2.05) is 6.07 Å². The number of aliphatic hydroxyl groups is 1. The Morgan fingerprint density at radius 3 is 2.87 bits per heavy atom. The Morgan fingerprint density at radius 1 is 1.40 bits per heavy atom. The van der Waals surface area contributed by atoms with Crippen molar-refractivity contribution in [1.82, 2.24) is 15.5 Å². The summed E-state index contributed by atoms with van der Waals surface area (Å²) >= 11 is 0. The molecule has 1 fully saturated rings. The number of hydrogen-bond acceptors (Lipinski definition) is 3.